The van der Waals surface area contributed by atoms with Gasteiger partial charge in [0.1, 0.15) is 6.04 Å². The molecule has 0 aromatic heterocycles. The van der Waals surface area contributed by atoms with Gasteiger partial charge in [-0.2, -0.15) is 0 Å². The second kappa shape index (κ2) is 7.43. The summed E-state index contributed by atoms with van der Waals surface area (Å²) in [6, 6.07) is 6.75. The van der Waals surface area contributed by atoms with Crippen LogP contribution in [0.2, 0.25) is 0 Å². The molecule has 2 aliphatic rings. The fourth-order valence-electron chi connectivity index (χ4n) is 3.74. The van der Waals surface area contributed by atoms with E-state index >= 15 is 0 Å². The van der Waals surface area contributed by atoms with Crippen LogP contribution in [0.4, 0.5) is 0 Å². The normalized spacial score (nSPS) is 24.5. The summed E-state index contributed by atoms with van der Waals surface area (Å²) >= 11 is 0. The van der Waals surface area contributed by atoms with Gasteiger partial charge in [-0.3, -0.25) is 4.79 Å². The number of ether oxygens (including phenoxy) is 2. The van der Waals surface area contributed by atoms with E-state index in [1.165, 1.54) is 10.5 Å². The molecule has 1 fully saturated rings. The first kappa shape index (κ1) is 17.1. The van der Waals surface area contributed by atoms with Gasteiger partial charge in [-0.25, -0.2) is 0 Å². The Balaban J connectivity index is 1.78. The molecule has 1 saturated heterocycles. The number of rotatable bonds is 4. The molecule has 3 rings (SSSR count). The Morgan fingerprint density at radius 2 is 1.92 bits per heavy atom. The molecule has 2 heterocycles. The van der Waals surface area contributed by atoms with Gasteiger partial charge < -0.3 is 19.7 Å². The highest BCUT2D eigenvalue weighted by atomic mass is 16.5. The third-order valence-electron chi connectivity index (χ3n) is 4.96. The number of nitrogens with one attached hydrogen (secondary N) is 2. The Kier molecular flexibility index (Phi) is 5.29. The highest BCUT2D eigenvalue weighted by Gasteiger charge is 2.37. The number of carbonyl (C=O) groups is 1. The van der Waals surface area contributed by atoms with Crippen LogP contribution in [0.25, 0.3) is 0 Å². The Bertz CT molecular complexity index is 588. The molecule has 0 radical (unpaired) electrons. The summed E-state index contributed by atoms with van der Waals surface area (Å²) in [6.45, 7) is 8.49. The molecule has 1 aromatic carbocycles. The van der Waals surface area contributed by atoms with Crippen LogP contribution in [0.3, 0.4) is 0 Å². The predicted octanol–water partition coefficient (Wildman–Crippen LogP) is 1.48. The zero-order valence-electron chi connectivity index (χ0n) is 14.9. The third-order valence-corrected chi connectivity index (χ3v) is 4.96. The van der Waals surface area contributed by atoms with Gasteiger partial charge in [0, 0.05) is 30.9 Å². The summed E-state index contributed by atoms with van der Waals surface area (Å²) < 4.78 is 11.6. The molecule has 0 bridgehead atoms. The van der Waals surface area contributed by atoms with E-state index in [-0.39, 0.29) is 18.0 Å². The Morgan fingerprint density at radius 3 is 2.67 bits per heavy atom. The van der Waals surface area contributed by atoms with Crippen molar-refractivity contribution < 1.29 is 19.2 Å². The van der Waals surface area contributed by atoms with E-state index in [0.29, 0.717) is 19.3 Å². The van der Waals surface area contributed by atoms with Crippen molar-refractivity contribution in [1.29, 1.82) is 0 Å². The lowest BCUT2D eigenvalue weighted by atomic mass is 10.0. The van der Waals surface area contributed by atoms with E-state index in [2.05, 4.69) is 17.4 Å². The zero-order valence-corrected chi connectivity index (χ0v) is 14.9. The molecule has 1 aromatic rings. The lowest BCUT2D eigenvalue weighted by Gasteiger charge is -2.28. The van der Waals surface area contributed by atoms with Crippen molar-refractivity contribution in [1.82, 2.24) is 5.32 Å². The first-order valence-electron chi connectivity index (χ1n) is 9.11. The molecule has 2 N–H and O–H groups in total. The Morgan fingerprint density at radius 1 is 1.17 bits per heavy atom. The van der Waals surface area contributed by atoms with Crippen molar-refractivity contribution in [3.8, 4) is 11.5 Å². The van der Waals surface area contributed by atoms with Crippen LogP contribution in [0.5, 0.6) is 11.5 Å². The van der Waals surface area contributed by atoms with E-state index < -0.39 is 0 Å². The van der Waals surface area contributed by atoms with Crippen molar-refractivity contribution in [2.45, 2.75) is 58.2 Å². The molecule has 5 heteroatoms. The number of amides is 1. The van der Waals surface area contributed by atoms with Gasteiger partial charge in [0.15, 0.2) is 17.5 Å². The minimum Gasteiger partial charge on any atom is -0.490 e. The van der Waals surface area contributed by atoms with Gasteiger partial charge in [-0.1, -0.05) is 0 Å². The largest absolute Gasteiger partial charge is 0.490 e. The van der Waals surface area contributed by atoms with Gasteiger partial charge in [-0.15, -0.1) is 0 Å². The average Bonchev–Trinajstić information content (AvgIpc) is 2.92. The summed E-state index contributed by atoms with van der Waals surface area (Å²) in [5.74, 6) is 1.82. The lowest BCUT2D eigenvalue weighted by Crippen LogP contribution is -3.15. The molecule has 1 amide bonds. The monoisotopic (exact) mass is 333 g/mol. The second-order valence-electron chi connectivity index (χ2n) is 7.16. The number of hydrogen-bond acceptors (Lipinski definition) is 3. The number of likely N-dealkylation sites (tertiary alicyclic amines) is 1. The van der Waals surface area contributed by atoms with E-state index in [1.54, 1.807) is 0 Å². The van der Waals surface area contributed by atoms with Gasteiger partial charge in [0.05, 0.1) is 19.8 Å². The van der Waals surface area contributed by atoms with Gasteiger partial charge in [0.25, 0.3) is 5.91 Å². The first-order chi connectivity index (χ1) is 11.6. The highest BCUT2D eigenvalue weighted by Crippen LogP contribution is 2.33. The molecule has 0 spiro atoms. The SMILES string of the molecule is CC(C)NC(=O)[C@H](C)[NH+]1CCC[C@@H]1c1ccc2c(c1)OCCCO2. The molecule has 2 aliphatic heterocycles. The molecule has 0 aliphatic carbocycles. The van der Waals surface area contributed by atoms with Crippen LogP contribution in [0.15, 0.2) is 18.2 Å². The minimum atomic E-state index is -0.0455. The average molecular weight is 333 g/mol. The Labute approximate surface area is 144 Å². The minimum absolute atomic E-state index is 0.0455. The summed E-state index contributed by atoms with van der Waals surface area (Å²) in [5, 5.41) is 3.05. The van der Waals surface area contributed by atoms with Crippen molar-refractivity contribution >= 4 is 5.91 Å². The van der Waals surface area contributed by atoms with Gasteiger partial charge in [-0.05, 0) is 39.0 Å². The van der Waals surface area contributed by atoms with Crippen molar-refractivity contribution in [3.63, 3.8) is 0 Å². The lowest BCUT2D eigenvalue weighted by molar-refractivity contribution is -0.932. The van der Waals surface area contributed by atoms with E-state index in [4.69, 9.17) is 9.47 Å². The van der Waals surface area contributed by atoms with Crippen LogP contribution in [-0.4, -0.2) is 37.7 Å². The molecular weight excluding hydrogens is 304 g/mol. The zero-order chi connectivity index (χ0) is 17.1. The molecule has 24 heavy (non-hydrogen) atoms. The van der Waals surface area contributed by atoms with E-state index in [0.717, 1.165) is 37.3 Å². The Hall–Kier alpha value is -1.75. The summed E-state index contributed by atoms with van der Waals surface area (Å²) in [5.41, 5.74) is 1.25. The molecule has 132 valence electrons. The maximum Gasteiger partial charge on any atom is 0.278 e. The number of carbonyl (C=O) groups excluding carboxylic acids is 1. The first-order valence-corrected chi connectivity index (χ1v) is 9.11. The maximum atomic E-state index is 12.4. The topological polar surface area (TPSA) is 52.0 Å². The van der Waals surface area contributed by atoms with E-state index in [9.17, 15) is 4.79 Å². The summed E-state index contributed by atoms with van der Waals surface area (Å²) in [4.78, 5) is 13.8. The smallest absolute Gasteiger partial charge is 0.278 e. The van der Waals surface area contributed by atoms with Crippen LogP contribution < -0.4 is 19.7 Å². The number of quaternary nitrogens is 1. The molecule has 1 unspecified atom stereocenters. The fraction of sp³-hybridized carbons (Fsp3) is 0.632. The van der Waals surface area contributed by atoms with Crippen molar-refractivity contribution in [2.75, 3.05) is 19.8 Å². The van der Waals surface area contributed by atoms with Crippen molar-refractivity contribution in [3.05, 3.63) is 23.8 Å². The van der Waals surface area contributed by atoms with Gasteiger partial charge in [0.2, 0.25) is 0 Å². The fourth-order valence-corrected chi connectivity index (χ4v) is 3.74. The van der Waals surface area contributed by atoms with Gasteiger partial charge >= 0.3 is 0 Å². The number of benzene rings is 1. The van der Waals surface area contributed by atoms with Crippen molar-refractivity contribution in [2.24, 2.45) is 0 Å². The van der Waals surface area contributed by atoms with Crippen LogP contribution in [-0.2, 0) is 4.79 Å². The third kappa shape index (κ3) is 3.66. The van der Waals surface area contributed by atoms with Crippen LogP contribution in [0, 0.1) is 0 Å². The highest BCUT2D eigenvalue weighted by molar-refractivity contribution is 5.80. The predicted molar refractivity (Wildman–Crippen MR) is 92.6 cm³/mol. The summed E-state index contributed by atoms with van der Waals surface area (Å²) in [7, 11) is 0. The second-order valence-corrected chi connectivity index (χ2v) is 7.16. The molecule has 3 atom stereocenters. The standard InChI is InChI=1S/C19H28N2O3/c1-13(2)20-19(22)14(3)21-9-4-6-16(21)15-7-8-17-18(12-15)24-11-5-10-23-17/h7-8,12-14,16H,4-6,9-11H2,1-3H3,(H,20,22)/p+1/t14-,16+/m0/s1. The molecule has 0 saturated carbocycles. The van der Waals surface area contributed by atoms with E-state index in [1.807, 2.05) is 26.8 Å². The van der Waals surface area contributed by atoms with Crippen LogP contribution >= 0.6 is 0 Å². The molecule has 5 nitrogen and oxygen atoms in total. The number of hydrogen-bond donors (Lipinski definition) is 2. The molecular formula is C19H29N2O3+. The van der Waals surface area contributed by atoms with Crippen LogP contribution in [0.1, 0.15) is 51.6 Å². The quantitative estimate of drug-likeness (QED) is 0.878. The maximum absolute atomic E-state index is 12.4. The summed E-state index contributed by atoms with van der Waals surface area (Å²) in [6.07, 6.45) is 3.17. The number of fused-ring (bicyclic) bond motifs is 1.